The molecule has 0 aliphatic carbocycles. The number of anilines is 1. The maximum atomic E-state index is 11.1. The minimum Gasteiger partial charge on any atom is -0.478 e. The lowest BCUT2D eigenvalue weighted by Crippen LogP contribution is -2.25. The molecule has 0 saturated carbocycles. The van der Waals surface area contributed by atoms with E-state index < -0.39 is 10.9 Å². The zero-order valence-corrected chi connectivity index (χ0v) is 11.4. The summed E-state index contributed by atoms with van der Waals surface area (Å²) >= 11 is 0. The van der Waals surface area contributed by atoms with E-state index in [9.17, 15) is 14.9 Å². The van der Waals surface area contributed by atoms with Crippen LogP contribution in [0.4, 0.5) is 11.4 Å². The Kier molecular flexibility index (Phi) is 5.04. The van der Waals surface area contributed by atoms with Crippen molar-refractivity contribution in [2.75, 3.05) is 18.5 Å². The topological polar surface area (TPSA) is 113 Å². The van der Waals surface area contributed by atoms with E-state index in [1.165, 1.54) is 18.2 Å². The summed E-state index contributed by atoms with van der Waals surface area (Å²) < 4.78 is 0. The molecule has 1 aromatic rings. The van der Waals surface area contributed by atoms with Crippen molar-refractivity contribution in [1.29, 1.82) is 0 Å². The smallest absolute Gasteiger partial charge is 0.338 e. The van der Waals surface area contributed by atoms with E-state index in [1.54, 1.807) is 0 Å². The molecule has 1 aromatic carbocycles. The first-order valence-corrected chi connectivity index (χ1v) is 6.14. The number of aromatic carboxylic acids is 1. The first-order chi connectivity index (χ1) is 9.28. The highest BCUT2D eigenvalue weighted by Crippen LogP contribution is 2.30. The third kappa shape index (κ3) is 3.92. The second kappa shape index (κ2) is 6.33. The third-order valence-corrected chi connectivity index (χ3v) is 3.00. The van der Waals surface area contributed by atoms with E-state index in [1.807, 2.05) is 13.8 Å². The van der Waals surface area contributed by atoms with E-state index in [2.05, 4.69) is 5.32 Å². The van der Waals surface area contributed by atoms with Gasteiger partial charge in [-0.1, -0.05) is 19.9 Å². The summed E-state index contributed by atoms with van der Waals surface area (Å²) in [5.74, 6) is -1.23. The number of hydrogen-bond acceptors (Lipinski definition) is 5. The molecule has 3 N–H and O–H groups in total. The van der Waals surface area contributed by atoms with Crippen LogP contribution in [0, 0.1) is 15.5 Å². The van der Waals surface area contributed by atoms with Gasteiger partial charge in [-0.05, 0) is 17.9 Å². The van der Waals surface area contributed by atoms with Gasteiger partial charge in [-0.3, -0.25) is 10.1 Å². The number of para-hydroxylation sites is 1. The Morgan fingerprint density at radius 3 is 2.60 bits per heavy atom. The Hall–Kier alpha value is -2.15. The van der Waals surface area contributed by atoms with Crippen molar-refractivity contribution < 1.29 is 19.9 Å². The second-order valence-corrected chi connectivity index (χ2v) is 5.25. The molecule has 7 heteroatoms. The molecule has 0 spiro atoms. The predicted molar refractivity (Wildman–Crippen MR) is 74.0 cm³/mol. The largest absolute Gasteiger partial charge is 0.478 e. The summed E-state index contributed by atoms with van der Waals surface area (Å²) in [7, 11) is 0. The van der Waals surface area contributed by atoms with Crippen LogP contribution in [0.2, 0.25) is 0 Å². The molecule has 7 nitrogen and oxygen atoms in total. The highest BCUT2D eigenvalue weighted by Gasteiger charge is 2.24. The van der Waals surface area contributed by atoms with Gasteiger partial charge in [0.25, 0.3) is 5.69 Å². The van der Waals surface area contributed by atoms with Crippen LogP contribution < -0.4 is 5.32 Å². The van der Waals surface area contributed by atoms with Crippen molar-refractivity contribution in [3.05, 3.63) is 33.9 Å². The Balaban J connectivity index is 3.08. The lowest BCUT2D eigenvalue weighted by atomic mass is 9.89. The summed E-state index contributed by atoms with van der Waals surface area (Å²) in [5.41, 5.74) is -0.728. The van der Waals surface area contributed by atoms with E-state index >= 15 is 0 Å². The molecule has 0 bridgehead atoms. The molecule has 0 unspecified atom stereocenters. The van der Waals surface area contributed by atoms with Crippen molar-refractivity contribution >= 4 is 17.3 Å². The Morgan fingerprint density at radius 1 is 1.45 bits per heavy atom. The van der Waals surface area contributed by atoms with Crippen molar-refractivity contribution in [1.82, 2.24) is 0 Å². The molecule has 0 aromatic heterocycles. The molecule has 0 aliphatic heterocycles. The normalized spacial score (nSPS) is 11.2. The number of carboxylic acid groups (broad SMARTS) is 1. The highest BCUT2D eigenvalue weighted by molar-refractivity contribution is 5.96. The van der Waals surface area contributed by atoms with Crippen molar-refractivity contribution in [2.24, 2.45) is 5.41 Å². The number of carbonyl (C=O) groups is 1. The second-order valence-electron chi connectivity index (χ2n) is 5.25. The number of nitro groups is 1. The summed E-state index contributed by atoms with van der Waals surface area (Å²) in [6.45, 7) is 4.08. The molecular weight excluding hydrogens is 264 g/mol. The number of aliphatic hydroxyl groups is 1. The molecule has 0 amide bonds. The molecule has 0 aliphatic rings. The molecule has 0 heterocycles. The molecule has 110 valence electrons. The minimum absolute atomic E-state index is 0.00263. The first-order valence-electron chi connectivity index (χ1n) is 6.14. The summed E-state index contributed by atoms with van der Waals surface area (Å²) in [6.07, 6.45) is 0.503. The fourth-order valence-electron chi connectivity index (χ4n) is 1.77. The Bertz CT molecular complexity index is 481. The number of nitro benzene ring substituents is 1. The van der Waals surface area contributed by atoms with Gasteiger partial charge in [0.15, 0.2) is 0 Å². The van der Waals surface area contributed by atoms with Crippen LogP contribution in [0.1, 0.15) is 30.6 Å². The zero-order valence-electron chi connectivity index (χ0n) is 11.4. The maximum absolute atomic E-state index is 11.1. The van der Waals surface area contributed by atoms with Gasteiger partial charge in [0.1, 0.15) is 5.69 Å². The Morgan fingerprint density at radius 2 is 2.10 bits per heavy atom. The van der Waals surface area contributed by atoms with E-state index in [0.717, 1.165) is 0 Å². The Labute approximate surface area is 116 Å². The molecule has 20 heavy (non-hydrogen) atoms. The average molecular weight is 282 g/mol. The van der Waals surface area contributed by atoms with Gasteiger partial charge in [0, 0.05) is 19.2 Å². The zero-order chi connectivity index (χ0) is 15.3. The van der Waals surface area contributed by atoms with E-state index in [-0.39, 0.29) is 29.0 Å². The van der Waals surface area contributed by atoms with Crippen LogP contribution in [0.5, 0.6) is 0 Å². The van der Waals surface area contributed by atoms with Crippen molar-refractivity contribution in [3.8, 4) is 0 Å². The van der Waals surface area contributed by atoms with Crippen LogP contribution >= 0.6 is 0 Å². The predicted octanol–water partition coefficient (Wildman–Crippen LogP) is 2.11. The number of nitrogens with zero attached hydrogens (tertiary/aromatic N) is 1. The van der Waals surface area contributed by atoms with Crippen LogP contribution in [-0.4, -0.2) is 34.3 Å². The van der Waals surface area contributed by atoms with E-state index in [0.29, 0.717) is 13.0 Å². The molecule has 0 atom stereocenters. The minimum atomic E-state index is -1.23. The van der Waals surface area contributed by atoms with Crippen LogP contribution in [-0.2, 0) is 0 Å². The number of hydrogen-bond donors (Lipinski definition) is 3. The van der Waals surface area contributed by atoms with Crippen LogP contribution in [0.15, 0.2) is 18.2 Å². The lowest BCUT2D eigenvalue weighted by Gasteiger charge is -2.24. The number of aliphatic hydroxyl groups excluding tert-OH is 1. The van der Waals surface area contributed by atoms with Gasteiger partial charge >= 0.3 is 5.97 Å². The number of benzene rings is 1. The molecule has 0 fully saturated rings. The maximum Gasteiger partial charge on any atom is 0.338 e. The number of nitrogens with one attached hydrogen (secondary N) is 1. The molecule has 0 radical (unpaired) electrons. The lowest BCUT2D eigenvalue weighted by molar-refractivity contribution is -0.384. The van der Waals surface area contributed by atoms with Crippen molar-refractivity contribution in [3.63, 3.8) is 0 Å². The van der Waals surface area contributed by atoms with Gasteiger partial charge in [-0.15, -0.1) is 0 Å². The molecular formula is C13H18N2O5. The third-order valence-electron chi connectivity index (χ3n) is 3.00. The highest BCUT2D eigenvalue weighted by atomic mass is 16.6. The van der Waals surface area contributed by atoms with Gasteiger partial charge in [0.2, 0.25) is 0 Å². The summed E-state index contributed by atoms with van der Waals surface area (Å²) in [6, 6.07) is 3.91. The van der Waals surface area contributed by atoms with Gasteiger partial charge in [-0.25, -0.2) is 4.79 Å². The summed E-state index contributed by atoms with van der Waals surface area (Å²) in [4.78, 5) is 21.5. The fourth-order valence-corrected chi connectivity index (χ4v) is 1.77. The van der Waals surface area contributed by atoms with Crippen molar-refractivity contribution in [2.45, 2.75) is 20.3 Å². The number of rotatable bonds is 7. The number of carboxylic acids is 1. The SMILES string of the molecule is CC(C)(CCO)CNc1c(C(=O)O)cccc1[N+](=O)[O-]. The monoisotopic (exact) mass is 282 g/mol. The van der Waals surface area contributed by atoms with Crippen LogP contribution in [0.3, 0.4) is 0 Å². The van der Waals surface area contributed by atoms with Gasteiger partial charge in [0.05, 0.1) is 10.5 Å². The van der Waals surface area contributed by atoms with E-state index in [4.69, 9.17) is 10.2 Å². The standard InChI is InChI=1S/C13H18N2O5/c1-13(2,6-7-16)8-14-11-9(12(17)18)4-3-5-10(11)15(19)20/h3-5,14,16H,6-8H2,1-2H3,(H,17,18). The van der Waals surface area contributed by atoms with Gasteiger partial charge < -0.3 is 15.5 Å². The molecule has 0 saturated heterocycles. The van der Waals surface area contributed by atoms with Crippen LogP contribution in [0.25, 0.3) is 0 Å². The first kappa shape index (κ1) is 15.9. The van der Waals surface area contributed by atoms with Gasteiger partial charge in [-0.2, -0.15) is 0 Å². The molecule has 1 rings (SSSR count). The average Bonchev–Trinajstić information content (AvgIpc) is 2.35. The quantitative estimate of drug-likeness (QED) is 0.521. The fraction of sp³-hybridized carbons (Fsp3) is 0.462. The summed E-state index contributed by atoms with van der Waals surface area (Å²) in [5, 5.41) is 31.9.